The number of nitrogens with one attached hydrogen (secondary N) is 1. The Morgan fingerprint density at radius 2 is 1.93 bits per heavy atom. The highest BCUT2D eigenvalue weighted by molar-refractivity contribution is 6.30. The number of halogens is 3. The largest absolute Gasteiger partial charge is 0.415 e. The molecule has 29 heavy (non-hydrogen) atoms. The number of hydrogen-bond donors (Lipinski definition) is 1. The lowest BCUT2D eigenvalue weighted by atomic mass is 10.2. The van der Waals surface area contributed by atoms with Gasteiger partial charge in [-0.05, 0) is 36.1 Å². The van der Waals surface area contributed by atoms with E-state index in [0.717, 1.165) is 4.90 Å². The number of benzene rings is 1. The summed E-state index contributed by atoms with van der Waals surface area (Å²) in [6.07, 6.45) is -1.06. The van der Waals surface area contributed by atoms with Crippen molar-refractivity contribution in [2.45, 2.75) is 24.4 Å². The third-order valence-electron chi connectivity index (χ3n) is 5.70. The number of carbonyl (C=O) groups excluding carboxylic acids is 2. The second kappa shape index (κ2) is 7.43. The van der Waals surface area contributed by atoms with Gasteiger partial charge >= 0.3 is 6.09 Å². The molecule has 0 radical (unpaired) electrons. The number of piperidine rings is 1. The minimum absolute atomic E-state index is 0.0576. The third kappa shape index (κ3) is 4.14. The van der Waals surface area contributed by atoms with Crippen molar-refractivity contribution < 1.29 is 23.1 Å². The Bertz CT molecular complexity index is 848. The maximum Gasteiger partial charge on any atom is 0.415 e. The summed E-state index contributed by atoms with van der Waals surface area (Å²) in [5.74, 6) is -2.70. The predicted octanol–water partition coefficient (Wildman–Crippen LogP) is 2.12. The molecular weight excluding hydrogens is 406 g/mol. The number of nitriles is 1. The van der Waals surface area contributed by atoms with Crippen LogP contribution in [0.2, 0.25) is 5.02 Å². The molecule has 2 saturated heterocycles. The van der Waals surface area contributed by atoms with Crippen LogP contribution in [0.25, 0.3) is 0 Å². The minimum Gasteiger partial charge on any atom is -0.410 e. The number of alkyl halides is 2. The molecule has 0 aromatic heterocycles. The SMILES string of the molecule is N#C[C@@H]1CC(F)(F)CN1C(=O)CNC1C2CN(C(=O)Oc3ccc(Cl)cc3)CC21. The van der Waals surface area contributed by atoms with E-state index in [0.29, 0.717) is 23.9 Å². The molecule has 1 aromatic carbocycles. The van der Waals surface area contributed by atoms with Gasteiger partial charge in [-0.2, -0.15) is 5.26 Å². The van der Waals surface area contributed by atoms with Gasteiger partial charge in [0.2, 0.25) is 5.91 Å². The molecule has 3 fully saturated rings. The summed E-state index contributed by atoms with van der Waals surface area (Å²) >= 11 is 5.80. The number of carbonyl (C=O) groups is 2. The van der Waals surface area contributed by atoms with Crippen molar-refractivity contribution in [1.29, 1.82) is 5.26 Å². The van der Waals surface area contributed by atoms with Crippen molar-refractivity contribution in [1.82, 2.24) is 15.1 Å². The molecule has 1 aromatic rings. The van der Waals surface area contributed by atoms with Crippen molar-refractivity contribution in [3.8, 4) is 11.8 Å². The van der Waals surface area contributed by atoms with Gasteiger partial charge in [-0.15, -0.1) is 0 Å². The average Bonchev–Trinajstić information content (AvgIpc) is 3.01. The molecule has 154 valence electrons. The highest BCUT2D eigenvalue weighted by Crippen LogP contribution is 2.45. The van der Waals surface area contributed by atoms with Gasteiger partial charge in [0.15, 0.2) is 0 Å². The van der Waals surface area contributed by atoms with E-state index in [1.165, 1.54) is 0 Å². The highest BCUT2D eigenvalue weighted by Gasteiger charge is 2.57. The molecule has 3 atom stereocenters. The molecule has 1 saturated carbocycles. The molecule has 10 heteroatoms. The average molecular weight is 425 g/mol. The second-order valence-electron chi connectivity index (χ2n) is 7.69. The second-order valence-corrected chi connectivity index (χ2v) is 8.12. The molecule has 2 heterocycles. The van der Waals surface area contributed by atoms with Gasteiger partial charge in [0.1, 0.15) is 11.8 Å². The molecule has 4 rings (SSSR count). The lowest BCUT2D eigenvalue weighted by Gasteiger charge is -2.21. The van der Waals surface area contributed by atoms with Crippen LogP contribution >= 0.6 is 11.6 Å². The van der Waals surface area contributed by atoms with Gasteiger partial charge in [-0.1, -0.05) is 11.6 Å². The Kier molecular flexibility index (Phi) is 5.09. The van der Waals surface area contributed by atoms with Crippen LogP contribution in [0.4, 0.5) is 13.6 Å². The normalized spacial score (nSPS) is 29.3. The van der Waals surface area contributed by atoms with Crippen molar-refractivity contribution in [2.24, 2.45) is 11.8 Å². The van der Waals surface area contributed by atoms with Crippen LogP contribution in [0.5, 0.6) is 5.75 Å². The van der Waals surface area contributed by atoms with Gasteiger partial charge in [0.25, 0.3) is 5.92 Å². The fourth-order valence-corrected chi connectivity index (χ4v) is 4.27. The maximum atomic E-state index is 13.5. The van der Waals surface area contributed by atoms with E-state index in [4.69, 9.17) is 21.6 Å². The van der Waals surface area contributed by atoms with E-state index in [9.17, 15) is 18.4 Å². The monoisotopic (exact) mass is 424 g/mol. The van der Waals surface area contributed by atoms with Crippen molar-refractivity contribution in [3.05, 3.63) is 29.3 Å². The zero-order valence-corrected chi connectivity index (χ0v) is 16.1. The number of amides is 2. The van der Waals surface area contributed by atoms with Crippen LogP contribution in [0, 0.1) is 23.2 Å². The molecule has 3 aliphatic rings. The molecule has 2 unspecified atom stereocenters. The molecule has 7 nitrogen and oxygen atoms in total. The molecule has 2 amide bonds. The highest BCUT2D eigenvalue weighted by atomic mass is 35.5. The van der Waals surface area contributed by atoms with E-state index >= 15 is 0 Å². The number of likely N-dealkylation sites (tertiary alicyclic amines) is 2. The first kappa shape index (κ1) is 19.9. The Labute approximate surface area is 171 Å². The van der Waals surface area contributed by atoms with Crippen LogP contribution in [-0.2, 0) is 4.79 Å². The third-order valence-corrected chi connectivity index (χ3v) is 5.95. The van der Waals surface area contributed by atoms with Crippen LogP contribution in [0.1, 0.15) is 6.42 Å². The zero-order chi connectivity index (χ0) is 20.8. The van der Waals surface area contributed by atoms with Crippen molar-refractivity contribution >= 4 is 23.6 Å². The number of rotatable bonds is 4. The molecular formula is C19H19ClF2N4O3. The first-order valence-corrected chi connectivity index (χ1v) is 9.68. The van der Waals surface area contributed by atoms with E-state index in [-0.39, 0.29) is 24.4 Å². The fourth-order valence-electron chi connectivity index (χ4n) is 4.15. The summed E-state index contributed by atoms with van der Waals surface area (Å²) in [6.45, 7) is 0.200. The first-order chi connectivity index (χ1) is 13.8. The van der Waals surface area contributed by atoms with Gasteiger partial charge in [-0.25, -0.2) is 13.6 Å². The smallest absolute Gasteiger partial charge is 0.410 e. The summed E-state index contributed by atoms with van der Waals surface area (Å²) in [7, 11) is 0. The number of fused-ring (bicyclic) bond motifs is 1. The Balaban J connectivity index is 1.22. The zero-order valence-electron chi connectivity index (χ0n) is 15.4. The van der Waals surface area contributed by atoms with E-state index < -0.39 is 36.9 Å². The van der Waals surface area contributed by atoms with E-state index in [2.05, 4.69) is 5.32 Å². The fraction of sp³-hybridized carbons (Fsp3) is 0.526. The van der Waals surface area contributed by atoms with Gasteiger partial charge < -0.3 is 19.9 Å². The van der Waals surface area contributed by atoms with Crippen LogP contribution in [-0.4, -0.2) is 66.0 Å². The summed E-state index contributed by atoms with van der Waals surface area (Å²) < 4.78 is 32.2. The molecule has 0 spiro atoms. The molecule has 2 aliphatic heterocycles. The first-order valence-electron chi connectivity index (χ1n) is 9.30. The van der Waals surface area contributed by atoms with Crippen molar-refractivity contribution in [2.75, 3.05) is 26.2 Å². The van der Waals surface area contributed by atoms with E-state index in [1.54, 1.807) is 35.2 Å². The Morgan fingerprint density at radius 3 is 2.55 bits per heavy atom. The number of ether oxygens (including phenoxy) is 1. The standard InChI is InChI=1S/C19H19ClF2N4O3/c20-11-1-3-13(4-2-11)29-18(28)25-8-14-15(9-25)17(14)24-7-16(27)26-10-19(21,22)5-12(26)6-23/h1-4,12,14-15,17,24H,5,7-10H2/t12-,14?,15?,17?/m0/s1. The Hall–Kier alpha value is -2.44. The molecule has 1 N–H and O–H groups in total. The predicted molar refractivity (Wildman–Crippen MR) is 98.5 cm³/mol. The lowest BCUT2D eigenvalue weighted by molar-refractivity contribution is -0.131. The van der Waals surface area contributed by atoms with Crippen LogP contribution < -0.4 is 10.1 Å². The van der Waals surface area contributed by atoms with Crippen LogP contribution in [0.15, 0.2) is 24.3 Å². The number of nitrogens with zero attached hydrogens (tertiary/aromatic N) is 3. The van der Waals surface area contributed by atoms with E-state index in [1.807, 2.05) is 0 Å². The van der Waals surface area contributed by atoms with Crippen LogP contribution in [0.3, 0.4) is 0 Å². The van der Waals surface area contributed by atoms with Gasteiger partial charge in [0, 0.05) is 30.6 Å². The van der Waals surface area contributed by atoms with Gasteiger partial charge in [-0.3, -0.25) is 4.79 Å². The Morgan fingerprint density at radius 1 is 1.28 bits per heavy atom. The number of hydrogen-bond acceptors (Lipinski definition) is 5. The molecule has 1 aliphatic carbocycles. The topological polar surface area (TPSA) is 85.7 Å². The minimum atomic E-state index is -3.02. The van der Waals surface area contributed by atoms with Gasteiger partial charge in [0.05, 0.1) is 19.2 Å². The summed E-state index contributed by atoms with van der Waals surface area (Å²) in [6, 6.07) is 7.24. The maximum absolute atomic E-state index is 13.5. The van der Waals surface area contributed by atoms with Crippen molar-refractivity contribution in [3.63, 3.8) is 0 Å². The quantitative estimate of drug-likeness (QED) is 0.800. The lowest BCUT2D eigenvalue weighted by Crippen LogP contribution is -2.43. The summed E-state index contributed by atoms with van der Waals surface area (Å²) in [4.78, 5) is 27.0. The summed E-state index contributed by atoms with van der Waals surface area (Å²) in [5.41, 5.74) is 0. The molecule has 0 bridgehead atoms. The summed E-state index contributed by atoms with van der Waals surface area (Å²) in [5, 5.41) is 12.6.